The van der Waals surface area contributed by atoms with E-state index < -0.39 is 6.10 Å². The molecule has 0 saturated carbocycles. The van der Waals surface area contributed by atoms with Crippen molar-refractivity contribution < 1.29 is 28.6 Å². The molecule has 1 atom stereocenters. The largest absolute Gasteiger partial charge is 0.462 e. The standard InChI is InChI=1S/C52H90O6/c1-4-7-10-13-16-19-22-24-25-26-27-28-31-33-36-39-42-45-51(54)57-48-49(47-56-50(53)44-41-38-35-32-29-21-18-15-12-9-6-3)58-52(55)46-43-40-37-34-30-23-20-17-14-11-8-5-2/h7,10,16-17,19-20,24-25,27-28,49H,4-6,8-9,11-15,18,21-23,26,29-48H2,1-3H3/b10-7-,19-16-,20-17-,25-24-,28-27-. The van der Waals surface area contributed by atoms with E-state index in [-0.39, 0.29) is 31.1 Å². The fourth-order valence-corrected chi connectivity index (χ4v) is 6.60. The Labute approximate surface area is 358 Å². The quantitative estimate of drug-likeness (QED) is 0.0264. The Bertz CT molecular complexity index is 1070. The van der Waals surface area contributed by atoms with Crippen molar-refractivity contribution in [3.63, 3.8) is 0 Å². The van der Waals surface area contributed by atoms with Gasteiger partial charge in [-0.3, -0.25) is 14.4 Å². The first-order chi connectivity index (χ1) is 28.5. The van der Waals surface area contributed by atoms with Crippen molar-refractivity contribution in [3.8, 4) is 0 Å². The van der Waals surface area contributed by atoms with Crippen LogP contribution in [0.15, 0.2) is 60.8 Å². The zero-order chi connectivity index (χ0) is 42.3. The molecule has 0 aromatic heterocycles. The Morgan fingerprint density at radius 3 is 1.10 bits per heavy atom. The van der Waals surface area contributed by atoms with Crippen LogP contribution in [0.25, 0.3) is 0 Å². The summed E-state index contributed by atoms with van der Waals surface area (Å²) >= 11 is 0. The van der Waals surface area contributed by atoms with E-state index >= 15 is 0 Å². The van der Waals surface area contributed by atoms with E-state index in [2.05, 4.69) is 81.5 Å². The van der Waals surface area contributed by atoms with Crippen molar-refractivity contribution in [2.24, 2.45) is 0 Å². The molecule has 0 saturated heterocycles. The molecule has 0 radical (unpaired) electrons. The first kappa shape index (κ1) is 55.1. The van der Waals surface area contributed by atoms with Crippen LogP contribution in [0.2, 0.25) is 0 Å². The van der Waals surface area contributed by atoms with Crippen LogP contribution in [0, 0.1) is 0 Å². The van der Waals surface area contributed by atoms with Crippen LogP contribution < -0.4 is 0 Å². The van der Waals surface area contributed by atoms with Crippen LogP contribution in [-0.2, 0) is 28.6 Å². The topological polar surface area (TPSA) is 78.9 Å². The first-order valence-electron chi connectivity index (χ1n) is 24.3. The second kappa shape index (κ2) is 46.8. The van der Waals surface area contributed by atoms with Crippen molar-refractivity contribution in [2.75, 3.05) is 13.2 Å². The lowest BCUT2D eigenvalue weighted by Gasteiger charge is -2.18. The zero-order valence-electron chi connectivity index (χ0n) is 38.0. The SMILES string of the molecule is CC/C=C\C/C=C\C/C=C\C/C=C\CCCCCCC(=O)OCC(COC(=O)CCCCCCCCCCCCC)OC(=O)CCCCCCC/C=C\CCCCC. The first-order valence-corrected chi connectivity index (χ1v) is 24.3. The van der Waals surface area contributed by atoms with Gasteiger partial charge in [-0.1, -0.05) is 191 Å². The summed E-state index contributed by atoms with van der Waals surface area (Å²) in [7, 11) is 0. The summed E-state index contributed by atoms with van der Waals surface area (Å²) in [6.45, 7) is 6.46. The van der Waals surface area contributed by atoms with Crippen molar-refractivity contribution in [3.05, 3.63) is 60.8 Å². The maximum absolute atomic E-state index is 12.7. The fourth-order valence-electron chi connectivity index (χ4n) is 6.60. The van der Waals surface area contributed by atoms with Gasteiger partial charge in [0.1, 0.15) is 13.2 Å². The number of ether oxygens (including phenoxy) is 3. The van der Waals surface area contributed by atoms with Gasteiger partial charge >= 0.3 is 17.9 Å². The Morgan fingerprint density at radius 2 is 0.672 bits per heavy atom. The van der Waals surface area contributed by atoms with E-state index in [9.17, 15) is 14.4 Å². The van der Waals surface area contributed by atoms with Crippen molar-refractivity contribution >= 4 is 17.9 Å². The third-order valence-corrected chi connectivity index (χ3v) is 10.3. The number of hydrogen-bond acceptors (Lipinski definition) is 6. The molecule has 0 spiro atoms. The summed E-state index contributed by atoms with van der Waals surface area (Å²) in [5.74, 6) is -0.918. The number of rotatable bonds is 43. The number of unbranched alkanes of at least 4 members (excludes halogenated alkanes) is 22. The average molecular weight is 811 g/mol. The predicted octanol–water partition coefficient (Wildman–Crippen LogP) is 15.7. The monoisotopic (exact) mass is 811 g/mol. The van der Waals surface area contributed by atoms with Gasteiger partial charge in [0.05, 0.1) is 0 Å². The highest BCUT2D eigenvalue weighted by atomic mass is 16.6. The van der Waals surface area contributed by atoms with Gasteiger partial charge in [0.15, 0.2) is 6.10 Å². The lowest BCUT2D eigenvalue weighted by Crippen LogP contribution is -2.30. The number of esters is 3. The molecule has 334 valence electrons. The normalized spacial score (nSPS) is 12.5. The maximum Gasteiger partial charge on any atom is 0.306 e. The summed E-state index contributed by atoms with van der Waals surface area (Å²) in [5.41, 5.74) is 0. The lowest BCUT2D eigenvalue weighted by atomic mass is 10.1. The molecule has 0 aromatic carbocycles. The van der Waals surface area contributed by atoms with Crippen molar-refractivity contribution in [1.29, 1.82) is 0 Å². The molecule has 58 heavy (non-hydrogen) atoms. The lowest BCUT2D eigenvalue weighted by molar-refractivity contribution is -0.167. The molecule has 0 fully saturated rings. The second-order valence-corrected chi connectivity index (χ2v) is 16.0. The van der Waals surface area contributed by atoms with E-state index in [4.69, 9.17) is 14.2 Å². The van der Waals surface area contributed by atoms with Gasteiger partial charge in [-0.2, -0.15) is 0 Å². The van der Waals surface area contributed by atoms with Gasteiger partial charge in [-0.25, -0.2) is 0 Å². The minimum absolute atomic E-state index is 0.0842. The highest BCUT2D eigenvalue weighted by Crippen LogP contribution is 2.14. The van der Waals surface area contributed by atoms with Crippen molar-refractivity contribution in [1.82, 2.24) is 0 Å². The summed E-state index contributed by atoms with van der Waals surface area (Å²) in [4.78, 5) is 37.8. The highest BCUT2D eigenvalue weighted by Gasteiger charge is 2.19. The molecule has 0 aliphatic heterocycles. The molecule has 0 bridgehead atoms. The van der Waals surface area contributed by atoms with Gasteiger partial charge < -0.3 is 14.2 Å². The predicted molar refractivity (Wildman–Crippen MR) is 247 cm³/mol. The third kappa shape index (κ3) is 44.2. The number of carbonyl (C=O) groups excluding carboxylic acids is 3. The van der Waals surface area contributed by atoms with Gasteiger partial charge in [0.25, 0.3) is 0 Å². The van der Waals surface area contributed by atoms with Crippen LogP contribution in [0.1, 0.15) is 233 Å². The molecule has 0 aromatic rings. The molecule has 0 rings (SSSR count). The Balaban J connectivity index is 4.41. The van der Waals surface area contributed by atoms with Gasteiger partial charge in [-0.15, -0.1) is 0 Å². The molecule has 1 unspecified atom stereocenters. The molecule has 0 N–H and O–H groups in total. The smallest absolute Gasteiger partial charge is 0.306 e. The van der Waals surface area contributed by atoms with Crippen LogP contribution >= 0.6 is 0 Å². The van der Waals surface area contributed by atoms with E-state index in [1.165, 1.54) is 83.5 Å². The molecule has 0 amide bonds. The Hall–Kier alpha value is -2.89. The van der Waals surface area contributed by atoms with Crippen molar-refractivity contribution in [2.45, 2.75) is 239 Å². The molecule has 6 nitrogen and oxygen atoms in total. The van der Waals surface area contributed by atoms with Crippen LogP contribution in [0.3, 0.4) is 0 Å². The minimum atomic E-state index is -0.784. The molecular weight excluding hydrogens is 721 g/mol. The molecule has 0 aliphatic rings. The Morgan fingerprint density at radius 1 is 0.362 bits per heavy atom. The van der Waals surface area contributed by atoms with E-state index in [1.54, 1.807) is 0 Å². The van der Waals surface area contributed by atoms with E-state index in [1.807, 2.05) is 0 Å². The number of hydrogen-bond donors (Lipinski definition) is 0. The van der Waals surface area contributed by atoms with E-state index in [0.717, 1.165) is 109 Å². The van der Waals surface area contributed by atoms with Crippen LogP contribution in [0.4, 0.5) is 0 Å². The summed E-state index contributed by atoms with van der Waals surface area (Å²) in [6, 6.07) is 0. The van der Waals surface area contributed by atoms with Crippen LogP contribution in [0.5, 0.6) is 0 Å². The van der Waals surface area contributed by atoms with Crippen LogP contribution in [-0.4, -0.2) is 37.2 Å². The maximum atomic E-state index is 12.7. The molecular formula is C52H90O6. The summed E-state index contributed by atoms with van der Waals surface area (Å²) in [6.07, 6.45) is 56.3. The number of carbonyl (C=O) groups is 3. The van der Waals surface area contributed by atoms with Gasteiger partial charge in [0, 0.05) is 19.3 Å². The summed E-state index contributed by atoms with van der Waals surface area (Å²) < 4.78 is 16.7. The average Bonchev–Trinajstić information content (AvgIpc) is 3.22. The molecule has 6 heteroatoms. The Kier molecular flexibility index (Phi) is 44.5. The number of allylic oxidation sites excluding steroid dienone is 10. The highest BCUT2D eigenvalue weighted by molar-refractivity contribution is 5.71. The molecule has 0 heterocycles. The second-order valence-electron chi connectivity index (χ2n) is 16.0. The van der Waals surface area contributed by atoms with Gasteiger partial charge in [-0.05, 0) is 83.5 Å². The minimum Gasteiger partial charge on any atom is -0.462 e. The summed E-state index contributed by atoms with van der Waals surface area (Å²) in [5, 5.41) is 0. The van der Waals surface area contributed by atoms with E-state index in [0.29, 0.717) is 19.3 Å². The third-order valence-electron chi connectivity index (χ3n) is 10.3. The van der Waals surface area contributed by atoms with Gasteiger partial charge in [0.2, 0.25) is 0 Å². The fraction of sp³-hybridized carbons (Fsp3) is 0.750. The molecule has 0 aliphatic carbocycles. The zero-order valence-corrected chi connectivity index (χ0v) is 38.0.